The van der Waals surface area contributed by atoms with Gasteiger partial charge in [0.1, 0.15) is 12.7 Å². The molecule has 1 heterocycles. The molecule has 0 radical (unpaired) electrons. The van der Waals surface area contributed by atoms with E-state index >= 15 is 0 Å². The molecule has 0 spiro atoms. The van der Waals surface area contributed by atoms with E-state index in [1.165, 1.54) is 10.6 Å². The highest BCUT2D eigenvalue weighted by molar-refractivity contribution is 14.1. The molecule has 1 amide bonds. The van der Waals surface area contributed by atoms with Crippen molar-refractivity contribution in [2.24, 2.45) is 7.05 Å². The lowest BCUT2D eigenvalue weighted by Gasteiger charge is -2.15. The molecular formula is C18H22IN3O5. The number of pyridine rings is 1. The summed E-state index contributed by atoms with van der Waals surface area (Å²) in [5.74, 6) is -0.443. The van der Waals surface area contributed by atoms with Gasteiger partial charge in [-0.1, -0.05) is 0 Å². The SMILES string of the molecule is Cc1cc(I)ccc1Nc1cc(=O)n(C)cc1CC(=O)NOC[C@@H](O)CO. The number of carbonyl (C=O) groups excluding carboxylic acids is 1. The second kappa shape index (κ2) is 9.83. The van der Waals surface area contributed by atoms with E-state index in [0.717, 1.165) is 14.8 Å². The van der Waals surface area contributed by atoms with Gasteiger partial charge in [0.2, 0.25) is 5.91 Å². The lowest BCUT2D eigenvalue weighted by molar-refractivity contribution is -0.136. The highest BCUT2D eigenvalue weighted by atomic mass is 127. The smallest absolute Gasteiger partial charge is 0.252 e. The Hall–Kier alpha value is -1.95. The molecular weight excluding hydrogens is 465 g/mol. The fourth-order valence-corrected chi connectivity index (χ4v) is 2.98. The minimum Gasteiger partial charge on any atom is -0.394 e. The second-order valence-corrected chi connectivity index (χ2v) is 7.34. The summed E-state index contributed by atoms with van der Waals surface area (Å²) in [4.78, 5) is 29.0. The van der Waals surface area contributed by atoms with E-state index in [2.05, 4.69) is 33.4 Å². The fourth-order valence-electron chi connectivity index (χ4n) is 2.33. The number of aliphatic hydroxyl groups excluding tert-OH is 2. The Labute approximate surface area is 170 Å². The number of rotatable bonds is 8. The molecule has 9 heteroatoms. The van der Waals surface area contributed by atoms with Crippen LogP contribution in [-0.4, -0.2) is 40.0 Å². The number of halogens is 1. The molecule has 0 unspecified atom stereocenters. The summed E-state index contributed by atoms with van der Waals surface area (Å²) in [6.45, 7) is 1.28. The number of aromatic nitrogens is 1. The fraction of sp³-hybridized carbons (Fsp3) is 0.333. The lowest BCUT2D eigenvalue weighted by Crippen LogP contribution is -2.31. The Morgan fingerprint density at radius 3 is 2.74 bits per heavy atom. The maximum atomic E-state index is 12.1. The van der Waals surface area contributed by atoms with Crippen LogP contribution in [0.5, 0.6) is 0 Å². The zero-order valence-corrected chi connectivity index (χ0v) is 17.2. The number of amides is 1. The molecule has 146 valence electrons. The van der Waals surface area contributed by atoms with E-state index in [9.17, 15) is 14.7 Å². The Morgan fingerprint density at radius 1 is 1.33 bits per heavy atom. The predicted octanol–water partition coefficient (Wildman–Crippen LogP) is 0.985. The number of hydroxylamine groups is 1. The van der Waals surface area contributed by atoms with Gasteiger partial charge in [-0.05, 0) is 53.3 Å². The third-order valence-corrected chi connectivity index (χ3v) is 4.46. The van der Waals surface area contributed by atoms with Crippen molar-refractivity contribution in [3.05, 3.63) is 55.5 Å². The zero-order valence-electron chi connectivity index (χ0n) is 15.0. The van der Waals surface area contributed by atoms with Crippen LogP contribution in [0.2, 0.25) is 0 Å². The first-order valence-electron chi connectivity index (χ1n) is 8.22. The van der Waals surface area contributed by atoms with Crippen LogP contribution >= 0.6 is 22.6 Å². The van der Waals surface area contributed by atoms with Crippen LogP contribution in [0.1, 0.15) is 11.1 Å². The number of carbonyl (C=O) groups is 1. The molecule has 0 fully saturated rings. The summed E-state index contributed by atoms with van der Waals surface area (Å²) in [5.41, 5.74) is 5.01. The highest BCUT2D eigenvalue weighted by Crippen LogP contribution is 2.24. The van der Waals surface area contributed by atoms with Gasteiger partial charge >= 0.3 is 0 Å². The van der Waals surface area contributed by atoms with Crippen molar-refractivity contribution in [3.63, 3.8) is 0 Å². The Bertz CT molecular complexity index is 869. The molecule has 0 aliphatic carbocycles. The predicted molar refractivity (Wildman–Crippen MR) is 110 cm³/mol. The average Bonchev–Trinajstić information content (AvgIpc) is 2.61. The van der Waals surface area contributed by atoms with E-state index in [-0.39, 0.29) is 18.6 Å². The molecule has 2 aromatic rings. The first-order chi connectivity index (χ1) is 12.8. The standard InChI is InChI=1S/C18H22IN3O5/c1-11-5-13(19)3-4-15(11)20-16-7-18(26)22(2)8-12(16)6-17(25)21-27-10-14(24)9-23/h3-5,7-8,14,20,23-24H,6,9-10H2,1-2H3,(H,21,25)/t14-/m0/s1. The molecule has 1 aromatic carbocycles. The van der Waals surface area contributed by atoms with Gasteiger partial charge in [0.15, 0.2) is 0 Å². The molecule has 2 rings (SSSR count). The van der Waals surface area contributed by atoms with Crippen molar-refractivity contribution in [1.82, 2.24) is 10.0 Å². The number of aryl methyl sites for hydroxylation is 2. The van der Waals surface area contributed by atoms with Gasteiger partial charge in [-0.15, -0.1) is 0 Å². The van der Waals surface area contributed by atoms with Gasteiger partial charge < -0.3 is 20.1 Å². The lowest BCUT2D eigenvalue weighted by atomic mass is 10.1. The molecule has 0 aliphatic heterocycles. The van der Waals surface area contributed by atoms with Crippen molar-refractivity contribution in [2.45, 2.75) is 19.4 Å². The van der Waals surface area contributed by atoms with Crippen LogP contribution in [0, 0.1) is 10.5 Å². The summed E-state index contributed by atoms with van der Waals surface area (Å²) >= 11 is 2.22. The van der Waals surface area contributed by atoms with E-state index in [0.29, 0.717) is 11.3 Å². The number of anilines is 2. The van der Waals surface area contributed by atoms with Gasteiger partial charge in [-0.25, -0.2) is 5.48 Å². The number of hydrogen-bond donors (Lipinski definition) is 4. The molecule has 27 heavy (non-hydrogen) atoms. The zero-order chi connectivity index (χ0) is 20.0. The molecule has 1 aromatic heterocycles. The van der Waals surface area contributed by atoms with E-state index in [1.54, 1.807) is 13.2 Å². The van der Waals surface area contributed by atoms with E-state index in [1.807, 2.05) is 25.1 Å². The van der Waals surface area contributed by atoms with E-state index in [4.69, 9.17) is 9.94 Å². The van der Waals surface area contributed by atoms with E-state index < -0.39 is 18.6 Å². The molecule has 1 atom stereocenters. The minimum atomic E-state index is -1.07. The van der Waals surface area contributed by atoms with Gasteiger partial charge in [0, 0.05) is 39.8 Å². The minimum absolute atomic E-state index is 0.0326. The maximum Gasteiger partial charge on any atom is 0.252 e. The summed E-state index contributed by atoms with van der Waals surface area (Å²) in [7, 11) is 1.61. The van der Waals surface area contributed by atoms with Crippen LogP contribution in [0.4, 0.5) is 11.4 Å². The van der Waals surface area contributed by atoms with Gasteiger partial charge in [-0.3, -0.25) is 14.4 Å². The Balaban J connectivity index is 2.16. The Morgan fingerprint density at radius 2 is 2.07 bits per heavy atom. The first kappa shape index (κ1) is 21.4. The third kappa shape index (κ3) is 6.31. The first-order valence-corrected chi connectivity index (χ1v) is 9.30. The topological polar surface area (TPSA) is 113 Å². The number of nitrogens with one attached hydrogen (secondary N) is 2. The number of nitrogens with zero attached hydrogens (tertiary/aromatic N) is 1. The van der Waals surface area contributed by atoms with Crippen LogP contribution < -0.4 is 16.4 Å². The number of benzene rings is 1. The van der Waals surface area contributed by atoms with Crippen molar-refractivity contribution >= 4 is 39.9 Å². The number of aliphatic hydroxyl groups is 2. The third-order valence-electron chi connectivity index (χ3n) is 3.79. The van der Waals surface area contributed by atoms with Gasteiger partial charge in [-0.2, -0.15) is 0 Å². The quantitative estimate of drug-likeness (QED) is 0.327. The summed E-state index contributed by atoms with van der Waals surface area (Å²) < 4.78 is 2.49. The monoisotopic (exact) mass is 487 g/mol. The van der Waals surface area contributed by atoms with Crippen LogP contribution in [-0.2, 0) is 23.1 Å². The van der Waals surface area contributed by atoms with Crippen molar-refractivity contribution in [2.75, 3.05) is 18.5 Å². The van der Waals surface area contributed by atoms with Crippen LogP contribution in [0.25, 0.3) is 0 Å². The van der Waals surface area contributed by atoms with Crippen molar-refractivity contribution in [3.8, 4) is 0 Å². The van der Waals surface area contributed by atoms with Crippen LogP contribution in [0.3, 0.4) is 0 Å². The molecule has 0 saturated heterocycles. The number of hydrogen-bond acceptors (Lipinski definition) is 6. The molecule has 0 aliphatic rings. The van der Waals surface area contributed by atoms with Gasteiger partial charge in [0.05, 0.1) is 13.0 Å². The summed E-state index contributed by atoms with van der Waals surface area (Å²) in [5, 5.41) is 21.1. The maximum absolute atomic E-state index is 12.1. The van der Waals surface area contributed by atoms with Crippen LogP contribution in [0.15, 0.2) is 35.3 Å². The largest absolute Gasteiger partial charge is 0.394 e. The molecule has 0 bridgehead atoms. The summed E-state index contributed by atoms with van der Waals surface area (Å²) in [6.07, 6.45) is 0.494. The highest BCUT2D eigenvalue weighted by Gasteiger charge is 2.12. The molecule has 8 nitrogen and oxygen atoms in total. The molecule has 4 N–H and O–H groups in total. The average molecular weight is 487 g/mol. The second-order valence-electron chi connectivity index (χ2n) is 6.10. The summed E-state index contributed by atoms with van der Waals surface area (Å²) in [6, 6.07) is 7.31. The normalized spacial score (nSPS) is 11.9. The molecule has 0 saturated carbocycles. The van der Waals surface area contributed by atoms with Crippen molar-refractivity contribution in [1.29, 1.82) is 0 Å². The Kier molecular flexibility index (Phi) is 7.78. The van der Waals surface area contributed by atoms with Gasteiger partial charge in [0.25, 0.3) is 5.56 Å². The van der Waals surface area contributed by atoms with Crippen molar-refractivity contribution < 1.29 is 19.8 Å².